The van der Waals surface area contributed by atoms with E-state index in [4.69, 9.17) is 9.47 Å². The normalized spacial score (nSPS) is 20.4. The Labute approximate surface area is 219 Å². The number of nitrogens with one attached hydrogen (secondary N) is 1. The number of hydrogen-bond donors (Lipinski definition) is 3. The first-order chi connectivity index (χ1) is 17.7. The number of benzene rings is 1. The van der Waals surface area contributed by atoms with Gasteiger partial charge in [-0.1, -0.05) is 30.3 Å². The van der Waals surface area contributed by atoms with Gasteiger partial charge in [-0.3, -0.25) is 9.69 Å². The summed E-state index contributed by atoms with van der Waals surface area (Å²) < 4.78 is 11.0. The maximum atomic E-state index is 13.3. The molecule has 0 unspecified atom stereocenters. The lowest BCUT2D eigenvalue weighted by Crippen LogP contribution is -2.50. The predicted octanol–water partition coefficient (Wildman–Crippen LogP) is 1.28. The van der Waals surface area contributed by atoms with Gasteiger partial charge in [-0.05, 0) is 51.2 Å². The Balaban J connectivity index is 1.62. The highest BCUT2D eigenvalue weighted by Gasteiger charge is 2.32. The van der Waals surface area contributed by atoms with Crippen molar-refractivity contribution in [3.8, 4) is 6.07 Å². The van der Waals surface area contributed by atoms with Crippen molar-refractivity contribution in [3.05, 3.63) is 47.5 Å². The van der Waals surface area contributed by atoms with E-state index in [0.717, 1.165) is 31.5 Å². The second-order valence-electron chi connectivity index (χ2n) is 10.1. The molecule has 11 heteroatoms. The molecule has 2 fully saturated rings. The molecule has 0 aliphatic carbocycles. The Bertz CT molecular complexity index is 975. The molecule has 0 aromatic heterocycles. The van der Waals surface area contributed by atoms with Crippen molar-refractivity contribution in [2.45, 2.75) is 57.1 Å². The first-order valence-electron chi connectivity index (χ1n) is 12.8. The van der Waals surface area contributed by atoms with E-state index in [9.17, 15) is 24.9 Å². The third-order valence-corrected chi connectivity index (χ3v) is 6.83. The van der Waals surface area contributed by atoms with Gasteiger partial charge < -0.3 is 29.7 Å². The van der Waals surface area contributed by atoms with Gasteiger partial charge in [0.25, 0.3) is 5.91 Å². The molecule has 3 N–H and O–H groups in total. The lowest BCUT2D eigenvalue weighted by atomic mass is 9.76. The smallest absolute Gasteiger partial charge is 0.444 e. The molecule has 2 aliphatic heterocycles. The number of carbonyl (C=O) groups excluding carboxylic acids is 2. The number of rotatable bonds is 8. The van der Waals surface area contributed by atoms with Crippen molar-refractivity contribution in [2.24, 2.45) is 0 Å². The molecule has 2 amide bonds. The Morgan fingerprint density at radius 2 is 1.95 bits per heavy atom. The summed E-state index contributed by atoms with van der Waals surface area (Å²) in [6, 6.07) is 11.2. The van der Waals surface area contributed by atoms with Gasteiger partial charge in [-0.25, -0.2) is 4.79 Å². The average molecular weight is 512 g/mol. The predicted molar refractivity (Wildman–Crippen MR) is 138 cm³/mol. The maximum absolute atomic E-state index is 13.3. The third kappa shape index (κ3) is 8.57. The SMILES string of the molecule is CC(C)(C=C(C#N)C(=O)N1CCCC[C@@H](OC(=O)N[C@@H](Cc2ccccc2)B(O)O)C1)N1CCOCC1. The van der Waals surface area contributed by atoms with Crippen molar-refractivity contribution in [1.29, 1.82) is 5.26 Å². The molecule has 10 nitrogen and oxygen atoms in total. The minimum absolute atomic E-state index is 0.0629. The van der Waals surface area contributed by atoms with Gasteiger partial charge in [0.15, 0.2) is 0 Å². The minimum atomic E-state index is -1.77. The van der Waals surface area contributed by atoms with Crippen LogP contribution in [0, 0.1) is 11.3 Å². The zero-order valence-electron chi connectivity index (χ0n) is 21.6. The number of amides is 2. The van der Waals surface area contributed by atoms with Crippen LogP contribution < -0.4 is 5.32 Å². The molecule has 2 aliphatic rings. The van der Waals surface area contributed by atoms with Gasteiger partial charge >= 0.3 is 13.2 Å². The van der Waals surface area contributed by atoms with E-state index >= 15 is 0 Å². The summed E-state index contributed by atoms with van der Waals surface area (Å²) >= 11 is 0. The van der Waals surface area contributed by atoms with Crippen molar-refractivity contribution >= 4 is 19.1 Å². The minimum Gasteiger partial charge on any atom is -0.444 e. The van der Waals surface area contributed by atoms with Gasteiger partial charge in [-0.15, -0.1) is 0 Å². The second-order valence-corrected chi connectivity index (χ2v) is 10.1. The number of nitrogens with zero attached hydrogens (tertiary/aromatic N) is 3. The highest BCUT2D eigenvalue weighted by molar-refractivity contribution is 6.43. The van der Waals surface area contributed by atoms with Gasteiger partial charge in [0.2, 0.25) is 0 Å². The fourth-order valence-corrected chi connectivity index (χ4v) is 4.72. The molecule has 200 valence electrons. The third-order valence-electron chi connectivity index (χ3n) is 6.83. The van der Waals surface area contributed by atoms with Crippen molar-refractivity contribution in [1.82, 2.24) is 15.1 Å². The van der Waals surface area contributed by atoms with Crippen LogP contribution in [0.4, 0.5) is 4.79 Å². The van der Waals surface area contributed by atoms with E-state index in [1.165, 1.54) is 0 Å². The molecular weight excluding hydrogens is 475 g/mol. The lowest BCUT2D eigenvalue weighted by Gasteiger charge is -2.39. The quantitative estimate of drug-likeness (QED) is 0.269. The summed E-state index contributed by atoms with van der Waals surface area (Å²) in [7, 11) is -1.77. The highest BCUT2D eigenvalue weighted by atomic mass is 16.6. The number of likely N-dealkylation sites (tertiary alicyclic amines) is 1. The van der Waals surface area contributed by atoms with Crippen LogP contribution in [-0.2, 0) is 20.7 Å². The Hall–Kier alpha value is -2.91. The van der Waals surface area contributed by atoms with E-state index in [1.807, 2.05) is 44.2 Å². The number of alkyl carbamates (subject to hydrolysis) is 1. The van der Waals surface area contributed by atoms with Crippen LogP contribution in [-0.4, -0.2) is 95.9 Å². The highest BCUT2D eigenvalue weighted by Crippen LogP contribution is 2.22. The van der Waals surface area contributed by atoms with Crippen LogP contribution >= 0.6 is 0 Å². The molecule has 37 heavy (non-hydrogen) atoms. The Kier molecular flexibility index (Phi) is 10.5. The molecule has 0 radical (unpaired) electrons. The first kappa shape index (κ1) is 28.7. The molecular formula is C26H37BN4O6. The summed E-state index contributed by atoms with van der Waals surface area (Å²) in [4.78, 5) is 29.7. The van der Waals surface area contributed by atoms with E-state index in [1.54, 1.807) is 11.0 Å². The molecule has 1 aromatic rings. The maximum Gasteiger partial charge on any atom is 0.475 e. The van der Waals surface area contributed by atoms with Gasteiger partial charge in [0, 0.05) is 25.2 Å². The van der Waals surface area contributed by atoms with E-state index < -0.39 is 30.8 Å². The fraction of sp³-hybridized carbons (Fsp3) is 0.577. The first-order valence-corrected chi connectivity index (χ1v) is 12.8. The molecule has 0 spiro atoms. The molecule has 0 saturated carbocycles. The monoisotopic (exact) mass is 512 g/mol. The number of morpholine rings is 1. The number of nitriles is 1. The Morgan fingerprint density at radius 3 is 2.59 bits per heavy atom. The molecule has 3 rings (SSSR count). The van der Waals surface area contributed by atoms with Gasteiger partial charge in [0.05, 0.1) is 25.7 Å². The lowest BCUT2D eigenvalue weighted by molar-refractivity contribution is -0.127. The molecule has 1 aromatic carbocycles. The molecule has 2 atom stereocenters. The van der Waals surface area contributed by atoms with Crippen LogP contribution in [0.2, 0.25) is 0 Å². The zero-order valence-corrected chi connectivity index (χ0v) is 21.6. The largest absolute Gasteiger partial charge is 0.475 e. The molecule has 2 saturated heterocycles. The molecule has 0 bridgehead atoms. The number of ether oxygens (including phenoxy) is 2. The standard InChI is InChI=1S/C26H37BN4O6/c1-26(2,31-12-14-36-15-13-31)17-21(18-28)24(32)30-11-7-6-10-22(19-30)37-25(33)29-23(27(34)35)16-20-8-4-3-5-9-20/h3-5,8-9,17,22-23,34-35H,6-7,10-16,19H2,1-2H3,(H,29,33)/t22-,23+/m1/s1. The van der Waals surface area contributed by atoms with Gasteiger partial charge in [0.1, 0.15) is 17.7 Å². The van der Waals surface area contributed by atoms with Crippen LogP contribution in [0.5, 0.6) is 0 Å². The van der Waals surface area contributed by atoms with E-state index in [2.05, 4.69) is 16.3 Å². The van der Waals surface area contributed by atoms with Crippen molar-refractivity contribution in [2.75, 3.05) is 39.4 Å². The molecule has 2 heterocycles. The number of hydrogen-bond acceptors (Lipinski definition) is 8. The Morgan fingerprint density at radius 1 is 1.24 bits per heavy atom. The summed E-state index contributed by atoms with van der Waals surface area (Å²) in [6.07, 6.45) is 2.62. The van der Waals surface area contributed by atoms with Crippen molar-refractivity contribution < 1.29 is 29.1 Å². The van der Waals surface area contributed by atoms with E-state index in [-0.39, 0.29) is 24.4 Å². The number of carbonyl (C=O) groups is 2. The summed E-state index contributed by atoms with van der Waals surface area (Å²) in [5.41, 5.74) is 0.404. The summed E-state index contributed by atoms with van der Waals surface area (Å²) in [5.74, 6) is -1.33. The second kappa shape index (κ2) is 13.6. The van der Waals surface area contributed by atoms with Crippen LogP contribution in [0.15, 0.2) is 42.0 Å². The summed E-state index contributed by atoms with van der Waals surface area (Å²) in [5, 5.41) is 31.8. The topological polar surface area (TPSA) is 135 Å². The fourth-order valence-electron chi connectivity index (χ4n) is 4.72. The zero-order chi connectivity index (χ0) is 26.8. The van der Waals surface area contributed by atoms with Crippen LogP contribution in [0.1, 0.15) is 38.7 Å². The average Bonchev–Trinajstić information content (AvgIpc) is 3.13. The summed E-state index contributed by atoms with van der Waals surface area (Å²) in [6.45, 7) is 7.24. The van der Waals surface area contributed by atoms with E-state index in [0.29, 0.717) is 26.2 Å². The van der Waals surface area contributed by atoms with Crippen molar-refractivity contribution in [3.63, 3.8) is 0 Å². The van der Waals surface area contributed by atoms with Crippen LogP contribution in [0.3, 0.4) is 0 Å². The van der Waals surface area contributed by atoms with Gasteiger partial charge in [-0.2, -0.15) is 5.26 Å². The van der Waals surface area contributed by atoms with Crippen LogP contribution in [0.25, 0.3) is 0 Å².